The van der Waals surface area contributed by atoms with Crippen molar-refractivity contribution < 1.29 is 4.79 Å². The molecule has 0 aliphatic heterocycles. The van der Waals surface area contributed by atoms with Crippen molar-refractivity contribution in [1.29, 1.82) is 0 Å². The van der Waals surface area contributed by atoms with Crippen LogP contribution in [-0.2, 0) is 6.42 Å². The second-order valence-corrected chi connectivity index (χ2v) is 11.3. The summed E-state index contributed by atoms with van der Waals surface area (Å²) in [6.45, 7) is 0. The molecule has 0 amide bonds. The summed E-state index contributed by atoms with van der Waals surface area (Å²) in [7, 11) is 0. The molecule has 1 nitrogen and oxygen atoms in total. The summed E-state index contributed by atoms with van der Waals surface area (Å²) in [5, 5.41) is 4.92. The molecule has 2 aliphatic rings. The smallest absolute Gasteiger partial charge is 0.194 e. The molecule has 0 unspecified atom stereocenters. The molecule has 0 spiro atoms. The maximum atomic E-state index is 12.5. The molecule has 0 aromatic heterocycles. The number of carbonyl (C=O) groups excluding carboxylic acids is 1. The van der Waals surface area contributed by atoms with Crippen LogP contribution < -0.4 is 0 Å². The van der Waals surface area contributed by atoms with Gasteiger partial charge in [-0.05, 0) is 74.2 Å². The van der Waals surface area contributed by atoms with Crippen LogP contribution in [0.5, 0.6) is 0 Å². The maximum Gasteiger partial charge on any atom is 0.194 e. The van der Waals surface area contributed by atoms with Gasteiger partial charge >= 0.3 is 0 Å². The summed E-state index contributed by atoms with van der Waals surface area (Å²) in [4.78, 5) is 12.5. The van der Waals surface area contributed by atoms with E-state index >= 15 is 0 Å². The SMILES string of the molecule is Brc1ccc2c(c1)Cc1cccc3c(Br)ccc-2c13.O=C1c2ccccc2-c2cccc3cccc1c23. The molecule has 3 heteroatoms. The largest absolute Gasteiger partial charge is 0.289 e. The molecular formula is C34H20Br2O. The Bertz CT molecular complexity index is 1900. The number of hydrogen-bond acceptors (Lipinski definition) is 1. The summed E-state index contributed by atoms with van der Waals surface area (Å²) in [6.07, 6.45) is 1.01. The molecular weight excluding hydrogens is 584 g/mol. The Morgan fingerprint density at radius 3 is 2.03 bits per heavy atom. The lowest BCUT2D eigenvalue weighted by Gasteiger charge is -2.21. The number of fused-ring (bicyclic) bond motifs is 4. The van der Waals surface area contributed by atoms with Gasteiger partial charge in [-0.25, -0.2) is 0 Å². The van der Waals surface area contributed by atoms with Crippen LogP contribution in [0, 0.1) is 0 Å². The minimum absolute atomic E-state index is 0.134. The highest BCUT2D eigenvalue weighted by atomic mass is 79.9. The normalized spacial score (nSPS) is 12.5. The number of halogens is 2. The zero-order valence-electron chi connectivity index (χ0n) is 19.8. The highest BCUT2D eigenvalue weighted by Gasteiger charge is 2.24. The Morgan fingerprint density at radius 2 is 1.19 bits per heavy atom. The molecule has 0 N–H and O–H groups in total. The molecule has 8 rings (SSSR count). The Balaban J connectivity index is 0.000000125. The second-order valence-electron chi connectivity index (χ2n) is 9.50. The van der Waals surface area contributed by atoms with E-state index in [1.165, 1.54) is 43.1 Å². The van der Waals surface area contributed by atoms with Crippen molar-refractivity contribution in [3.05, 3.63) is 140 Å². The number of rotatable bonds is 0. The van der Waals surface area contributed by atoms with Crippen LogP contribution in [0.2, 0.25) is 0 Å². The lowest BCUT2D eigenvalue weighted by atomic mass is 9.83. The van der Waals surface area contributed by atoms with Gasteiger partial charge < -0.3 is 0 Å². The lowest BCUT2D eigenvalue weighted by molar-refractivity contribution is 0.104. The van der Waals surface area contributed by atoms with Gasteiger partial charge in [-0.2, -0.15) is 0 Å². The first-order valence-electron chi connectivity index (χ1n) is 12.2. The molecule has 6 aromatic carbocycles. The molecule has 37 heavy (non-hydrogen) atoms. The van der Waals surface area contributed by atoms with Crippen LogP contribution in [0.1, 0.15) is 27.0 Å². The quantitative estimate of drug-likeness (QED) is 0.168. The van der Waals surface area contributed by atoms with Crippen LogP contribution in [0.25, 0.3) is 43.8 Å². The molecule has 0 radical (unpaired) electrons. The van der Waals surface area contributed by atoms with E-state index < -0.39 is 0 Å². The number of carbonyl (C=O) groups is 1. The van der Waals surface area contributed by atoms with Crippen molar-refractivity contribution in [2.24, 2.45) is 0 Å². The van der Waals surface area contributed by atoms with Crippen LogP contribution in [0.15, 0.2) is 118 Å². The van der Waals surface area contributed by atoms with Crippen molar-refractivity contribution >= 4 is 59.2 Å². The minimum atomic E-state index is 0.134. The van der Waals surface area contributed by atoms with Gasteiger partial charge in [-0.1, -0.05) is 123 Å². The summed E-state index contributed by atoms with van der Waals surface area (Å²) < 4.78 is 2.33. The monoisotopic (exact) mass is 602 g/mol. The first-order chi connectivity index (χ1) is 18.1. The van der Waals surface area contributed by atoms with Crippen LogP contribution in [0.4, 0.5) is 0 Å². The molecule has 0 saturated heterocycles. The van der Waals surface area contributed by atoms with E-state index in [0.29, 0.717) is 0 Å². The molecule has 6 aromatic rings. The maximum absolute atomic E-state index is 12.5. The fourth-order valence-electron chi connectivity index (χ4n) is 5.81. The average Bonchev–Trinajstić information content (AvgIpc) is 2.93. The van der Waals surface area contributed by atoms with E-state index in [-0.39, 0.29) is 5.78 Å². The summed E-state index contributed by atoms with van der Waals surface area (Å²) in [5.74, 6) is 0.134. The molecule has 0 bridgehead atoms. The van der Waals surface area contributed by atoms with E-state index in [1.807, 2.05) is 42.5 Å². The zero-order valence-corrected chi connectivity index (χ0v) is 22.9. The van der Waals surface area contributed by atoms with Gasteiger partial charge in [0.25, 0.3) is 0 Å². The first kappa shape index (κ1) is 22.7. The number of ketones is 1. The van der Waals surface area contributed by atoms with Crippen molar-refractivity contribution in [2.75, 3.05) is 0 Å². The second kappa shape index (κ2) is 8.79. The molecule has 0 fully saturated rings. The molecule has 0 atom stereocenters. The summed E-state index contributed by atoms with van der Waals surface area (Å²) in [6, 6.07) is 37.5. The zero-order chi connectivity index (χ0) is 25.1. The van der Waals surface area contributed by atoms with Gasteiger partial charge in [-0.15, -0.1) is 0 Å². The van der Waals surface area contributed by atoms with Crippen molar-refractivity contribution in [3.63, 3.8) is 0 Å². The third kappa shape index (κ3) is 3.60. The Kier molecular flexibility index (Phi) is 5.38. The van der Waals surface area contributed by atoms with Gasteiger partial charge in [0.2, 0.25) is 0 Å². The molecule has 176 valence electrons. The summed E-state index contributed by atoms with van der Waals surface area (Å²) >= 11 is 7.23. The Morgan fingerprint density at radius 1 is 0.514 bits per heavy atom. The van der Waals surface area contributed by atoms with Gasteiger partial charge in [0, 0.05) is 25.5 Å². The van der Waals surface area contributed by atoms with E-state index in [2.05, 4.69) is 98.6 Å². The summed E-state index contributed by atoms with van der Waals surface area (Å²) in [5.41, 5.74) is 9.37. The standard InChI is InChI=1S/C17H10Br2.C17H10O/c18-12-4-5-13-11(9-12)8-10-2-1-3-15-16(19)7-6-14(13)17(10)15;18-17-14-8-2-1-7-12(14)13-9-3-5-11-6-4-10-15(17)16(11)13/h1-7,9H,8H2;1-10H. The van der Waals surface area contributed by atoms with Crippen LogP contribution in [-0.4, -0.2) is 5.78 Å². The van der Waals surface area contributed by atoms with Crippen molar-refractivity contribution in [3.8, 4) is 22.3 Å². The molecule has 0 heterocycles. The fraction of sp³-hybridized carbons (Fsp3) is 0.0294. The predicted octanol–water partition coefficient (Wildman–Crippen LogP) is 9.99. The van der Waals surface area contributed by atoms with Crippen molar-refractivity contribution in [1.82, 2.24) is 0 Å². The molecule has 2 aliphatic carbocycles. The number of benzene rings is 6. The fourth-order valence-corrected chi connectivity index (χ4v) is 6.68. The van der Waals surface area contributed by atoms with Crippen LogP contribution in [0.3, 0.4) is 0 Å². The van der Waals surface area contributed by atoms with Crippen molar-refractivity contribution in [2.45, 2.75) is 6.42 Å². The van der Waals surface area contributed by atoms with Gasteiger partial charge in [0.1, 0.15) is 0 Å². The van der Waals surface area contributed by atoms with Gasteiger partial charge in [0.15, 0.2) is 5.78 Å². The topological polar surface area (TPSA) is 17.1 Å². The van der Waals surface area contributed by atoms with Gasteiger partial charge in [0.05, 0.1) is 0 Å². The predicted molar refractivity (Wildman–Crippen MR) is 160 cm³/mol. The average molecular weight is 604 g/mol. The third-order valence-corrected chi connectivity index (χ3v) is 8.61. The highest BCUT2D eigenvalue weighted by molar-refractivity contribution is 9.11. The van der Waals surface area contributed by atoms with E-state index in [0.717, 1.165) is 38.4 Å². The third-order valence-electron chi connectivity index (χ3n) is 7.42. The Labute approximate surface area is 232 Å². The number of hydrogen-bond donors (Lipinski definition) is 0. The Hall–Kier alpha value is -3.53. The van der Waals surface area contributed by atoms with E-state index in [9.17, 15) is 4.79 Å². The highest BCUT2D eigenvalue weighted by Crippen LogP contribution is 2.42. The van der Waals surface area contributed by atoms with Gasteiger partial charge in [-0.3, -0.25) is 4.79 Å². The van der Waals surface area contributed by atoms with Crippen LogP contribution >= 0.6 is 31.9 Å². The van der Waals surface area contributed by atoms with E-state index in [1.54, 1.807) is 0 Å². The lowest BCUT2D eigenvalue weighted by Crippen LogP contribution is -2.09. The minimum Gasteiger partial charge on any atom is -0.289 e. The molecule has 0 saturated carbocycles. The van der Waals surface area contributed by atoms with E-state index in [4.69, 9.17) is 0 Å². The first-order valence-corrected chi connectivity index (χ1v) is 13.8.